The Morgan fingerprint density at radius 3 is 2.50 bits per heavy atom. The van der Waals surface area contributed by atoms with E-state index in [1.807, 2.05) is 54.6 Å². The van der Waals surface area contributed by atoms with Gasteiger partial charge in [-0.2, -0.15) is 0 Å². The van der Waals surface area contributed by atoms with Crippen LogP contribution in [0.2, 0.25) is 0 Å². The molecule has 3 aromatic carbocycles. The van der Waals surface area contributed by atoms with Crippen molar-refractivity contribution in [2.45, 2.75) is 46.3 Å². The SMILES string of the molecule is CCOC(=O)C[C@H]1O[C@H](c2cccc3ccccc23)c2cc3c(cc2N(CC(C)(C)C)C1=O)OCO3. The number of carbonyl (C=O) groups is 2. The van der Waals surface area contributed by atoms with Crippen molar-refractivity contribution in [1.82, 2.24) is 0 Å². The zero-order valence-corrected chi connectivity index (χ0v) is 21.1. The van der Waals surface area contributed by atoms with Crippen molar-refractivity contribution < 1.29 is 28.5 Å². The molecule has 7 heteroatoms. The molecule has 5 rings (SSSR count). The number of amides is 1. The maximum atomic E-state index is 14.0. The van der Waals surface area contributed by atoms with Gasteiger partial charge >= 0.3 is 5.97 Å². The number of hydrogen-bond donors (Lipinski definition) is 0. The molecule has 0 fully saturated rings. The molecule has 1 amide bonds. The van der Waals surface area contributed by atoms with Crippen LogP contribution in [0.1, 0.15) is 51.3 Å². The number of rotatable bonds is 5. The molecule has 0 saturated carbocycles. The van der Waals surface area contributed by atoms with Crippen LogP contribution in [0.4, 0.5) is 5.69 Å². The van der Waals surface area contributed by atoms with Crippen molar-refractivity contribution in [2.75, 3.05) is 24.8 Å². The highest BCUT2D eigenvalue weighted by molar-refractivity contribution is 6.00. The lowest BCUT2D eigenvalue weighted by Gasteiger charge is -2.31. The molecular formula is C29H31NO6. The molecule has 0 saturated heterocycles. The van der Waals surface area contributed by atoms with E-state index in [1.54, 1.807) is 11.8 Å². The summed E-state index contributed by atoms with van der Waals surface area (Å²) in [4.78, 5) is 28.3. The first-order valence-electron chi connectivity index (χ1n) is 12.3. The highest BCUT2D eigenvalue weighted by atomic mass is 16.7. The number of fused-ring (bicyclic) bond motifs is 3. The second kappa shape index (κ2) is 9.47. The van der Waals surface area contributed by atoms with Gasteiger partial charge in [-0.3, -0.25) is 9.59 Å². The summed E-state index contributed by atoms with van der Waals surface area (Å²) in [5.41, 5.74) is 2.19. The highest BCUT2D eigenvalue weighted by Gasteiger charge is 2.40. The van der Waals surface area contributed by atoms with Gasteiger partial charge in [0.25, 0.3) is 5.91 Å². The Morgan fingerprint density at radius 1 is 1.03 bits per heavy atom. The third kappa shape index (κ3) is 4.63. The molecule has 2 heterocycles. The quantitative estimate of drug-likeness (QED) is 0.448. The molecule has 0 spiro atoms. The monoisotopic (exact) mass is 489 g/mol. The minimum atomic E-state index is -1.01. The van der Waals surface area contributed by atoms with E-state index in [4.69, 9.17) is 18.9 Å². The number of anilines is 1. The van der Waals surface area contributed by atoms with Gasteiger partial charge in [-0.1, -0.05) is 63.2 Å². The van der Waals surface area contributed by atoms with Crippen LogP contribution in [0.25, 0.3) is 10.8 Å². The van der Waals surface area contributed by atoms with E-state index in [1.165, 1.54) is 0 Å². The van der Waals surface area contributed by atoms with E-state index in [2.05, 4.69) is 20.8 Å². The minimum Gasteiger partial charge on any atom is -0.466 e. The Labute approximate surface area is 210 Å². The zero-order chi connectivity index (χ0) is 25.4. The van der Waals surface area contributed by atoms with Crippen LogP contribution in [-0.4, -0.2) is 37.9 Å². The van der Waals surface area contributed by atoms with Gasteiger partial charge in [-0.15, -0.1) is 0 Å². The third-order valence-electron chi connectivity index (χ3n) is 6.33. The second-order valence-electron chi connectivity index (χ2n) is 10.3. The van der Waals surface area contributed by atoms with E-state index >= 15 is 0 Å². The second-order valence-corrected chi connectivity index (χ2v) is 10.3. The number of carbonyl (C=O) groups excluding carboxylic acids is 2. The lowest BCUT2D eigenvalue weighted by atomic mass is 9.92. The van der Waals surface area contributed by atoms with Crippen molar-refractivity contribution in [3.05, 3.63) is 65.7 Å². The minimum absolute atomic E-state index is 0.122. The summed E-state index contributed by atoms with van der Waals surface area (Å²) in [6.45, 7) is 8.75. The molecule has 0 N–H and O–H groups in total. The Morgan fingerprint density at radius 2 is 1.75 bits per heavy atom. The van der Waals surface area contributed by atoms with Crippen LogP contribution < -0.4 is 14.4 Å². The van der Waals surface area contributed by atoms with Crippen LogP contribution in [0.3, 0.4) is 0 Å². The molecule has 0 aliphatic carbocycles. The van der Waals surface area contributed by atoms with Crippen LogP contribution >= 0.6 is 0 Å². The number of benzene rings is 3. The predicted octanol–water partition coefficient (Wildman–Crippen LogP) is 5.39. The maximum Gasteiger partial charge on any atom is 0.308 e. The van der Waals surface area contributed by atoms with Crippen molar-refractivity contribution in [3.8, 4) is 11.5 Å². The molecule has 3 aromatic rings. The standard InChI is InChI=1S/C29H31NO6/c1-5-33-26(31)15-25-28(32)30(16-29(2,3)4)22-14-24-23(34-17-35-24)13-21(22)27(36-25)20-12-8-10-18-9-6-7-11-19(18)20/h6-14,25,27H,5,15-17H2,1-4H3/t25-,27-/m1/s1. The average molecular weight is 490 g/mol. The number of nitrogens with zero attached hydrogens (tertiary/aromatic N) is 1. The predicted molar refractivity (Wildman–Crippen MR) is 136 cm³/mol. The molecule has 188 valence electrons. The molecule has 2 atom stereocenters. The summed E-state index contributed by atoms with van der Waals surface area (Å²) in [5, 5.41) is 2.07. The van der Waals surface area contributed by atoms with Gasteiger partial charge in [0, 0.05) is 18.2 Å². The van der Waals surface area contributed by atoms with Crippen LogP contribution in [0, 0.1) is 5.41 Å². The Hall–Kier alpha value is -3.58. The van der Waals surface area contributed by atoms with Crippen molar-refractivity contribution >= 4 is 28.3 Å². The fraction of sp³-hybridized carbons (Fsp3) is 0.379. The molecule has 36 heavy (non-hydrogen) atoms. The fourth-order valence-electron chi connectivity index (χ4n) is 4.84. The first-order chi connectivity index (χ1) is 17.2. The van der Waals surface area contributed by atoms with E-state index in [0.717, 1.165) is 21.9 Å². The first kappa shape index (κ1) is 24.1. The van der Waals surface area contributed by atoms with Crippen molar-refractivity contribution in [2.24, 2.45) is 5.41 Å². The molecule has 0 aromatic heterocycles. The van der Waals surface area contributed by atoms with Gasteiger partial charge in [-0.05, 0) is 34.7 Å². The smallest absolute Gasteiger partial charge is 0.308 e. The Kier molecular flexibility index (Phi) is 6.35. The third-order valence-corrected chi connectivity index (χ3v) is 6.33. The molecule has 0 unspecified atom stereocenters. The topological polar surface area (TPSA) is 74.3 Å². The van der Waals surface area contributed by atoms with Crippen molar-refractivity contribution in [3.63, 3.8) is 0 Å². The van der Waals surface area contributed by atoms with E-state index < -0.39 is 18.2 Å². The maximum absolute atomic E-state index is 14.0. The van der Waals surface area contributed by atoms with E-state index in [-0.39, 0.29) is 31.1 Å². The number of esters is 1. The molecule has 7 nitrogen and oxygen atoms in total. The normalized spacial score (nSPS) is 19.2. The first-order valence-corrected chi connectivity index (χ1v) is 12.3. The van der Waals surface area contributed by atoms with Gasteiger partial charge in [0.15, 0.2) is 11.5 Å². The molecule has 0 radical (unpaired) electrons. The average Bonchev–Trinajstić information content (AvgIpc) is 3.27. The highest BCUT2D eigenvalue weighted by Crippen LogP contribution is 2.47. The molecule has 2 aliphatic heterocycles. The van der Waals surface area contributed by atoms with Gasteiger partial charge in [0.2, 0.25) is 6.79 Å². The summed E-state index contributed by atoms with van der Waals surface area (Å²) in [5.74, 6) is 0.444. The number of hydrogen-bond acceptors (Lipinski definition) is 6. The fourth-order valence-corrected chi connectivity index (χ4v) is 4.84. The lowest BCUT2D eigenvalue weighted by molar-refractivity contribution is -0.151. The summed E-state index contributed by atoms with van der Waals surface area (Å²) in [6, 6.07) is 17.9. The van der Waals surface area contributed by atoms with Gasteiger partial charge in [0.1, 0.15) is 12.2 Å². The van der Waals surface area contributed by atoms with Gasteiger partial charge in [0.05, 0.1) is 18.7 Å². The van der Waals surface area contributed by atoms with Crippen LogP contribution in [0.5, 0.6) is 11.5 Å². The van der Waals surface area contributed by atoms with Crippen LogP contribution in [0.15, 0.2) is 54.6 Å². The molecule has 2 aliphatic rings. The number of ether oxygens (including phenoxy) is 4. The van der Waals surface area contributed by atoms with Crippen LogP contribution in [-0.2, 0) is 19.1 Å². The Balaban J connectivity index is 1.72. The summed E-state index contributed by atoms with van der Waals surface area (Å²) in [6.07, 6.45) is -1.80. The lowest BCUT2D eigenvalue weighted by Crippen LogP contribution is -2.44. The van der Waals surface area contributed by atoms with Crippen molar-refractivity contribution in [1.29, 1.82) is 0 Å². The Bertz CT molecular complexity index is 1310. The molecule has 0 bridgehead atoms. The molecular weight excluding hydrogens is 458 g/mol. The van der Waals surface area contributed by atoms with Gasteiger partial charge in [-0.25, -0.2) is 0 Å². The van der Waals surface area contributed by atoms with E-state index in [9.17, 15) is 9.59 Å². The zero-order valence-electron chi connectivity index (χ0n) is 21.1. The summed E-state index contributed by atoms with van der Waals surface area (Å²) < 4.78 is 23.2. The van der Waals surface area contributed by atoms with Gasteiger partial charge < -0.3 is 23.8 Å². The largest absolute Gasteiger partial charge is 0.466 e. The summed E-state index contributed by atoms with van der Waals surface area (Å²) >= 11 is 0. The summed E-state index contributed by atoms with van der Waals surface area (Å²) in [7, 11) is 0. The van der Waals surface area contributed by atoms with E-state index in [0.29, 0.717) is 23.7 Å².